The first-order chi connectivity index (χ1) is 4.81. The first kappa shape index (κ1) is 9.07. The zero-order valence-corrected chi connectivity index (χ0v) is 6.40. The van der Waals surface area contributed by atoms with Gasteiger partial charge in [-0.15, -0.1) is 5.10 Å². The average Bonchev–Trinajstić information content (AvgIpc) is 1.89. The number of isothiocyanates is 1. The topological polar surface area (TPSA) is 50.7 Å². The second kappa shape index (κ2) is 6.19. The Morgan fingerprint density at radius 2 is 2.60 bits per heavy atom. The van der Waals surface area contributed by atoms with Crippen LogP contribution in [-0.2, 0) is 9.53 Å². The lowest BCUT2D eigenvalue weighted by molar-refractivity contribution is -0.141. The molecule has 0 radical (unpaired) electrons. The molecule has 5 heteroatoms. The molecule has 0 aliphatic heterocycles. The van der Waals surface area contributed by atoms with Gasteiger partial charge in [-0.25, -0.2) is 0 Å². The Morgan fingerprint density at radius 3 is 3.10 bits per heavy atom. The van der Waals surface area contributed by atoms with Crippen molar-refractivity contribution in [2.24, 2.45) is 5.10 Å². The van der Waals surface area contributed by atoms with Crippen LogP contribution in [0.25, 0.3) is 0 Å². The minimum atomic E-state index is -0.350. The minimum absolute atomic E-state index is 0.0392. The van der Waals surface area contributed by atoms with E-state index in [4.69, 9.17) is 0 Å². The van der Waals surface area contributed by atoms with E-state index in [1.807, 2.05) is 0 Å². The second-order valence-corrected chi connectivity index (χ2v) is 1.53. The summed E-state index contributed by atoms with van der Waals surface area (Å²) in [5, 5.41) is 5.36. The van der Waals surface area contributed by atoms with Gasteiger partial charge in [0.15, 0.2) is 0 Å². The van der Waals surface area contributed by atoms with Crippen LogP contribution >= 0.6 is 12.2 Å². The van der Waals surface area contributed by atoms with Crippen LogP contribution in [0.1, 0.15) is 6.92 Å². The molecular formula is C5H8N2O2S. The molecule has 10 heavy (non-hydrogen) atoms. The Hall–Kier alpha value is -0.930. The number of nitrogens with zero attached hydrogens (tertiary/aromatic N) is 1. The number of esters is 1. The summed E-state index contributed by atoms with van der Waals surface area (Å²) in [6, 6.07) is 0. The third-order valence-corrected chi connectivity index (χ3v) is 0.745. The first-order valence-corrected chi connectivity index (χ1v) is 3.17. The fourth-order valence-electron chi connectivity index (χ4n) is 0.348. The standard InChI is InChI=1S/C5H8N2O2S/c1-2-9-5(8)3-6-7-4-10/h6H,2-3H2,1H3. The largest absolute Gasteiger partial charge is 0.465 e. The average molecular weight is 160 g/mol. The lowest BCUT2D eigenvalue weighted by Crippen LogP contribution is -2.19. The molecule has 1 N–H and O–H groups in total. The van der Waals surface area contributed by atoms with Crippen molar-refractivity contribution in [3.8, 4) is 0 Å². The highest BCUT2D eigenvalue weighted by atomic mass is 32.1. The summed E-state index contributed by atoms with van der Waals surface area (Å²) >= 11 is 4.24. The fraction of sp³-hybridized carbons (Fsp3) is 0.600. The van der Waals surface area contributed by atoms with Gasteiger partial charge in [-0.05, 0) is 19.1 Å². The number of nitrogens with one attached hydrogen (secondary N) is 1. The Bertz CT molecular complexity index is 154. The maximum absolute atomic E-state index is 10.5. The van der Waals surface area contributed by atoms with Crippen molar-refractivity contribution in [3.05, 3.63) is 0 Å². The number of rotatable bonds is 4. The highest BCUT2D eigenvalue weighted by Gasteiger charge is 1.96. The van der Waals surface area contributed by atoms with Crippen LogP contribution in [0.3, 0.4) is 0 Å². The van der Waals surface area contributed by atoms with E-state index in [9.17, 15) is 4.79 Å². The maximum atomic E-state index is 10.5. The van der Waals surface area contributed by atoms with Gasteiger partial charge in [0.05, 0.1) is 11.8 Å². The molecule has 0 unspecified atom stereocenters. The summed E-state index contributed by atoms with van der Waals surface area (Å²) in [6.45, 7) is 2.15. The van der Waals surface area contributed by atoms with E-state index >= 15 is 0 Å². The molecule has 0 saturated carbocycles. The molecule has 0 fully saturated rings. The summed E-state index contributed by atoms with van der Waals surface area (Å²) < 4.78 is 4.57. The van der Waals surface area contributed by atoms with E-state index in [1.165, 1.54) is 0 Å². The van der Waals surface area contributed by atoms with Gasteiger partial charge in [0.1, 0.15) is 6.54 Å². The summed E-state index contributed by atoms with van der Waals surface area (Å²) in [5.74, 6) is -0.350. The highest BCUT2D eigenvalue weighted by Crippen LogP contribution is 1.73. The molecule has 0 heterocycles. The lowest BCUT2D eigenvalue weighted by Gasteiger charge is -1.98. The number of carbonyl (C=O) groups is 1. The fourth-order valence-corrected chi connectivity index (χ4v) is 0.413. The van der Waals surface area contributed by atoms with Gasteiger partial charge in [-0.3, -0.25) is 10.2 Å². The van der Waals surface area contributed by atoms with Gasteiger partial charge in [-0.2, -0.15) is 0 Å². The summed E-state index contributed by atoms with van der Waals surface area (Å²) in [5.41, 5.74) is 2.35. The third-order valence-electron chi connectivity index (χ3n) is 0.653. The van der Waals surface area contributed by atoms with Gasteiger partial charge in [0, 0.05) is 0 Å². The molecule has 56 valence electrons. The Morgan fingerprint density at radius 1 is 1.90 bits per heavy atom. The Kier molecular flexibility index (Phi) is 5.62. The Labute approximate surface area is 64.2 Å². The van der Waals surface area contributed by atoms with E-state index in [1.54, 1.807) is 6.92 Å². The Balaban J connectivity index is 3.30. The quantitative estimate of drug-likeness (QED) is 0.275. The second-order valence-electron chi connectivity index (χ2n) is 1.34. The van der Waals surface area contributed by atoms with Crippen LogP contribution in [0.15, 0.2) is 5.10 Å². The molecular weight excluding hydrogens is 152 g/mol. The molecule has 0 aliphatic carbocycles. The van der Waals surface area contributed by atoms with Crippen LogP contribution in [0.5, 0.6) is 0 Å². The molecule has 0 rings (SSSR count). The molecule has 0 aromatic rings. The van der Waals surface area contributed by atoms with E-state index in [0.29, 0.717) is 6.61 Å². The van der Waals surface area contributed by atoms with Gasteiger partial charge < -0.3 is 4.74 Å². The lowest BCUT2D eigenvalue weighted by atomic mass is 10.7. The number of hydrazone groups is 1. The number of carbonyl (C=O) groups excluding carboxylic acids is 1. The normalized spacial score (nSPS) is 7.70. The molecule has 0 aromatic carbocycles. The van der Waals surface area contributed by atoms with E-state index in [0.717, 1.165) is 0 Å². The summed E-state index contributed by atoms with van der Waals surface area (Å²) in [6.07, 6.45) is 0. The zero-order valence-electron chi connectivity index (χ0n) is 5.59. The van der Waals surface area contributed by atoms with E-state index in [-0.39, 0.29) is 12.5 Å². The molecule has 4 nitrogen and oxygen atoms in total. The molecule has 0 saturated heterocycles. The summed E-state index contributed by atoms with van der Waals surface area (Å²) in [4.78, 5) is 10.5. The maximum Gasteiger partial charge on any atom is 0.327 e. The van der Waals surface area contributed by atoms with Crippen molar-refractivity contribution in [3.63, 3.8) is 0 Å². The SMILES string of the molecule is CCOC(=O)CNN=C=S. The van der Waals surface area contributed by atoms with Crippen LogP contribution in [0, 0.1) is 0 Å². The van der Waals surface area contributed by atoms with Crippen LogP contribution in [0.2, 0.25) is 0 Å². The van der Waals surface area contributed by atoms with Crippen LogP contribution < -0.4 is 5.43 Å². The molecule has 0 spiro atoms. The first-order valence-electron chi connectivity index (χ1n) is 2.76. The van der Waals surface area contributed by atoms with Crippen molar-refractivity contribution in [2.45, 2.75) is 6.92 Å². The number of ether oxygens (including phenoxy) is 1. The van der Waals surface area contributed by atoms with Gasteiger partial charge in [0.2, 0.25) is 0 Å². The molecule has 0 aromatic heterocycles. The van der Waals surface area contributed by atoms with Gasteiger partial charge in [-0.1, -0.05) is 0 Å². The van der Waals surface area contributed by atoms with Crippen LogP contribution in [-0.4, -0.2) is 24.3 Å². The van der Waals surface area contributed by atoms with E-state index in [2.05, 4.69) is 32.6 Å². The van der Waals surface area contributed by atoms with Crippen molar-refractivity contribution in [1.29, 1.82) is 0 Å². The smallest absolute Gasteiger partial charge is 0.327 e. The highest BCUT2D eigenvalue weighted by molar-refractivity contribution is 7.78. The molecule has 0 aliphatic rings. The summed E-state index contributed by atoms with van der Waals surface area (Å²) in [7, 11) is 0. The molecule has 0 amide bonds. The van der Waals surface area contributed by atoms with Gasteiger partial charge in [0.25, 0.3) is 0 Å². The van der Waals surface area contributed by atoms with Crippen molar-refractivity contribution < 1.29 is 9.53 Å². The minimum Gasteiger partial charge on any atom is -0.465 e. The third kappa shape index (κ3) is 5.21. The number of hydrogen-bond donors (Lipinski definition) is 1. The van der Waals surface area contributed by atoms with Crippen LogP contribution in [0.4, 0.5) is 0 Å². The number of thiocarbonyl (C=S) groups is 1. The number of hydrogen-bond acceptors (Lipinski definition) is 5. The molecule has 0 bridgehead atoms. The van der Waals surface area contributed by atoms with Crippen molar-refractivity contribution in [1.82, 2.24) is 5.43 Å². The van der Waals surface area contributed by atoms with Crippen molar-refractivity contribution in [2.75, 3.05) is 13.2 Å². The van der Waals surface area contributed by atoms with Gasteiger partial charge >= 0.3 is 5.97 Å². The predicted octanol–water partition coefficient (Wildman–Crippen LogP) is 0.157. The van der Waals surface area contributed by atoms with E-state index < -0.39 is 0 Å². The zero-order chi connectivity index (χ0) is 7.82. The predicted molar refractivity (Wildman–Crippen MR) is 39.7 cm³/mol. The monoisotopic (exact) mass is 160 g/mol. The van der Waals surface area contributed by atoms with Crippen molar-refractivity contribution >= 4 is 23.3 Å². The molecule has 0 atom stereocenters.